The van der Waals surface area contributed by atoms with Crippen LogP contribution in [0.1, 0.15) is 27.3 Å². The maximum Gasteiger partial charge on any atom is 0.253 e. The maximum atomic E-state index is 12.8. The molecule has 2 heterocycles. The number of carbonyl (C=O) groups excluding carboxylic acids is 1. The van der Waals surface area contributed by atoms with Crippen LogP contribution in [0.25, 0.3) is 11.4 Å². The van der Waals surface area contributed by atoms with E-state index in [2.05, 4.69) is 10.2 Å². The van der Waals surface area contributed by atoms with Crippen molar-refractivity contribution in [1.82, 2.24) is 24.5 Å². The van der Waals surface area contributed by atoms with Gasteiger partial charge in [0, 0.05) is 36.6 Å². The number of nitrogens with zero attached hydrogens (tertiary/aromatic N) is 5. The highest BCUT2D eigenvalue weighted by molar-refractivity contribution is 5.94. The van der Waals surface area contributed by atoms with Crippen LogP contribution in [-0.2, 0) is 6.54 Å². The van der Waals surface area contributed by atoms with E-state index in [1.165, 1.54) is 0 Å². The van der Waals surface area contributed by atoms with Crippen molar-refractivity contribution in [2.45, 2.75) is 20.4 Å². The molecule has 1 amide bonds. The summed E-state index contributed by atoms with van der Waals surface area (Å²) in [4.78, 5) is 14.5. The van der Waals surface area contributed by atoms with Gasteiger partial charge in [0.1, 0.15) is 0 Å². The zero-order valence-corrected chi connectivity index (χ0v) is 16.8. The average Bonchev–Trinajstić information content (AvgIpc) is 3.34. The highest BCUT2D eigenvalue weighted by Crippen LogP contribution is 2.15. The lowest BCUT2D eigenvalue weighted by Gasteiger charge is -2.16. The van der Waals surface area contributed by atoms with Gasteiger partial charge in [0.05, 0.1) is 23.3 Å². The zero-order valence-electron chi connectivity index (χ0n) is 16.8. The lowest BCUT2D eigenvalue weighted by molar-refractivity contribution is 0.0785. The quantitative estimate of drug-likeness (QED) is 0.523. The molecule has 6 heteroatoms. The third-order valence-corrected chi connectivity index (χ3v) is 4.79. The fourth-order valence-corrected chi connectivity index (χ4v) is 3.37. The minimum Gasteiger partial charge on any atom is -0.337 e. The van der Waals surface area contributed by atoms with Gasteiger partial charge in [-0.25, -0.2) is 9.36 Å². The van der Waals surface area contributed by atoms with Gasteiger partial charge in [-0.3, -0.25) is 4.79 Å². The molecule has 0 saturated heterocycles. The van der Waals surface area contributed by atoms with E-state index >= 15 is 0 Å². The number of hydrogen-bond donors (Lipinski definition) is 0. The summed E-state index contributed by atoms with van der Waals surface area (Å²) < 4.78 is 3.70. The summed E-state index contributed by atoms with van der Waals surface area (Å²) in [6, 6.07) is 19.5. The number of para-hydroxylation sites is 1. The first kappa shape index (κ1) is 18.7. The molecule has 2 aromatic heterocycles. The molecule has 0 N–H and O–H groups in total. The minimum atomic E-state index is -0.0302. The average molecular weight is 385 g/mol. The molecule has 0 saturated carbocycles. The first-order chi connectivity index (χ1) is 14.0. The number of aromatic nitrogens is 4. The Labute approximate surface area is 170 Å². The summed E-state index contributed by atoms with van der Waals surface area (Å²) in [5.41, 5.74) is 5.59. The van der Waals surface area contributed by atoms with E-state index in [4.69, 9.17) is 0 Å². The Bertz CT molecular complexity index is 1130. The van der Waals surface area contributed by atoms with E-state index in [-0.39, 0.29) is 5.91 Å². The molecule has 0 aliphatic carbocycles. The van der Waals surface area contributed by atoms with Crippen molar-refractivity contribution in [3.05, 3.63) is 95.6 Å². The minimum absolute atomic E-state index is 0.0302. The topological polar surface area (TPSA) is 56.0 Å². The molecule has 2 aromatic carbocycles. The van der Waals surface area contributed by atoms with Crippen molar-refractivity contribution in [3.8, 4) is 11.4 Å². The number of carbonyl (C=O) groups is 1. The third-order valence-electron chi connectivity index (χ3n) is 4.79. The summed E-state index contributed by atoms with van der Waals surface area (Å²) in [6.45, 7) is 4.48. The first-order valence-electron chi connectivity index (χ1n) is 9.49. The van der Waals surface area contributed by atoms with Crippen molar-refractivity contribution in [3.63, 3.8) is 0 Å². The van der Waals surface area contributed by atoms with Crippen LogP contribution in [0.5, 0.6) is 0 Å². The molecule has 0 bridgehead atoms. The fraction of sp³-hybridized carbons (Fsp3) is 0.174. The Morgan fingerprint density at radius 1 is 1.00 bits per heavy atom. The van der Waals surface area contributed by atoms with Gasteiger partial charge in [0.25, 0.3) is 5.91 Å². The van der Waals surface area contributed by atoms with Gasteiger partial charge in [0.15, 0.2) is 0 Å². The Morgan fingerprint density at radius 3 is 2.38 bits per heavy atom. The normalized spacial score (nSPS) is 10.9. The van der Waals surface area contributed by atoms with Crippen molar-refractivity contribution >= 4 is 5.91 Å². The van der Waals surface area contributed by atoms with Crippen molar-refractivity contribution in [2.24, 2.45) is 0 Å². The molecule has 4 aromatic rings. The predicted molar refractivity (Wildman–Crippen MR) is 112 cm³/mol. The van der Waals surface area contributed by atoms with Crippen LogP contribution < -0.4 is 0 Å². The Balaban J connectivity index is 1.45. The van der Waals surface area contributed by atoms with Crippen LogP contribution in [-0.4, -0.2) is 37.4 Å². The second-order valence-corrected chi connectivity index (χ2v) is 7.18. The van der Waals surface area contributed by atoms with E-state index < -0.39 is 0 Å². The largest absolute Gasteiger partial charge is 0.337 e. The van der Waals surface area contributed by atoms with Crippen LogP contribution in [0.4, 0.5) is 0 Å². The SMILES string of the molecule is Cc1cc(C)n(-c2ccc(C(=O)N(C)Cc3cnn(-c4ccccc4)c3)cc2)n1. The molecule has 0 atom stereocenters. The van der Waals surface area contributed by atoms with Crippen molar-refractivity contribution in [2.75, 3.05) is 7.05 Å². The lowest BCUT2D eigenvalue weighted by Crippen LogP contribution is -2.26. The van der Waals surface area contributed by atoms with Crippen LogP contribution in [0.3, 0.4) is 0 Å². The van der Waals surface area contributed by atoms with Crippen molar-refractivity contribution < 1.29 is 4.79 Å². The number of aryl methyl sites for hydroxylation is 2. The molecule has 4 rings (SSSR count). The number of benzene rings is 2. The van der Waals surface area contributed by atoms with Gasteiger partial charge in [0.2, 0.25) is 0 Å². The number of rotatable bonds is 5. The van der Waals surface area contributed by atoms with Crippen molar-refractivity contribution in [1.29, 1.82) is 0 Å². The molecular weight excluding hydrogens is 362 g/mol. The number of hydrogen-bond acceptors (Lipinski definition) is 3. The summed E-state index contributed by atoms with van der Waals surface area (Å²) >= 11 is 0. The van der Waals surface area contributed by atoms with Gasteiger partial charge < -0.3 is 4.90 Å². The molecule has 0 aliphatic rings. The molecule has 0 spiro atoms. The van der Waals surface area contributed by atoms with Crippen LogP contribution in [0, 0.1) is 13.8 Å². The summed E-state index contributed by atoms with van der Waals surface area (Å²) in [5.74, 6) is -0.0302. The Morgan fingerprint density at radius 2 is 1.72 bits per heavy atom. The fourth-order valence-electron chi connectivity index (χ4n) is 3.37. The Hall–Kier alpha value is -3.67. The van der Waals surface area contributed by atoms with E-state index in [0.717, 1.165) is 28.3 Å². The molecule has 0 fully saturated rings. The van der Waals surface area contributed by atoms with E-state index in [1.807, 2.05) is 90.1 Å². The van der Waals surface area contributed by atoms with Gasteiger partial charge in [-0.1, -0.05) is 18.2 Å². The van der Waals surface area contributed by atoms with E-state index in [9.17, 15) is 4.79 Å². The van der Waals surface area contributed by atoms with Gasteiger partial charge in [-0.15, -0.1) is 0 Å². The smallest absolute Gasteiger partial charge is 0.253 e. The second-order valence-electron chi connectivity index (χ2n) is 7.18. The van der Waals surface area contributed by atoms with E-state index in [0.29, 0.717) is 12.1 Å². The number of amides is 1. The summed E-state index contributed by atoms with van der Waals surface area (Å²) in [7, 11) is 1.80. The first-order valence-corrected chi connectivity index (χ1v) is 9.49. The van der Waals surface area contributed by atoms with E-state index in [1.54, 1.807) is 18.1 Å². The molecule has 146 valence electrons. The lowest BCUT2D eigenvalue weighted by atomic mass is 10.1. The van der Waals surface area contributed by atoms with Crippen LogP contribution in [0.15, 0.2) is 73.1 Å². The van der Waals surface area contributed by atoms with Crippen LogP contribution in [0.2, 0.25) is 0 Å². The molecule has 29 heavy (non-hydrogen) atoms. The van der Waals surface area contributed by atoms with Gasteiger partial charge in [-0.2, -0.15) is 10.2 Å². The highest BCUT2D eigenvalue weighted by Gasteiger charge is 2.14. The molecule has 0 aliphatic heterocycles. The molecule has 0 unspecified atom stereocenters. The maximum absolute atomic E-state index is 12.8. The molecular formula is C23H23N5O. The van der Waals surface area contributed by atoms with Crippen LogP contribution >= 0.6 is 0 Å². The van der Waals surface area contributed by atoms with Gasteiger partial charge in [-0.05, 0) is 56.3 Å². The molecule has 6 nitrogen and oxygen atoms in total. The third kappa shape index (κ3) is 3.96. The predicted octanol–water partition coefficient (Wildman–Crippen LogP) is 3.95. The monoisotopic (exact) mass is 385 g/mol. The Kier molecular flexibility index (Phi) is 4.99. The summed E-state index contributed by atoms with van der Waals surface area (Å²) in [6.07, 6.45) is 3.74. The standard InChI is InChI=1S/C23H23N5O/c1-17-13-18(2)28(25-17)22-11-9-20(10-12-22)23(29)26(3)15-19-14-24-27(16-19)21-7-5-4-6-8-21/h4-14,16H,15H2,1-3H3. The second kappa shape index (κ2) is 7.75. The zero-order chi connectivity index (χ0) is 20.4. The van der Waals surface area contributed by atoms with Gasteiger partial charge >= 0.3 is 0 Å². The highest BCUT2D eigenvalue weighted by atomic mass is 16.2. The summed E-state index contributed by atoms with van der Waals surface area (Å²) in [5, 5.41) is 8.88. The molecule has 0 radical (unpaired) electrons.